The lowest BCUT2D eigenvalue weighted by molar-refractivity contribution is -0.114. The topological polar surface area (TPSA) is 63.2 Å². The predicted octanol–water partition coefficient (Wildman–Crippen LogP) is 3.79. The van der Waals surface area contributed by atoms with E-state index in [1.807, 2.05) is 48.7 Å². The molecule has 1 heterocycles. The van der Waals surface area contributed by atoms with Crippen molar-refractivity contribution in [2.45, 2.75) is 6.42 Å². The number of aromatic nitrogens is 1. The number of anilines is 2. The van der Waals surface area contributed by atoms with Crippen molar-refractivity contribution in [2.24, 2.45) is 0 Å². The van der Waals surface area contributed by atoms with Crippen LogP contribution in [-0.4, -0.2) is 24.5 Å². The molecule has 3 rings (SSSR count). The summed E-state index contributed by atoms with van der Waals surface area (Å²) < 4.78 is 5.10. The van der Waals surface area contributed by atoms with Crippen LogP contribution in [0.1, 0.15) is 10.4 Å². The van der Waals surface area contributed by atoms with Crippen LogP contribution in [0.2, 0.25) is 0 Å². The summed E-state index contributed by atoms with van der Waals surface area (Å²) in [5.74, 6) is 0.653. The van der Waals surface area contributed by atoms with E-state index in [1.165, 1.54) is 16.9 Å². The molecule has 0 atom stereocenters. The lowest BCUT2D eigenvalue weighted by Crippen LogP contribution is -2.21. The van der Waals surface area contributed by atoms with Crippen molar-refractivity contribution in [3.63, 3.8) is 0 Å². The molecule has 5 nitrogen and oxygen atoms in total. The van der Waals surface area contributed by atoms with Gasteiger partial charge in [-0.3, -0.25) is 4.79 Å². The summed E-state index contributed by atoms with van der Waals surface area (Å²) in [6, 6.07) is 17.6. The first kappa shape index (κ1) is 17.0. The van der Waals surface area contributed by atoms with Gasteiger partial charge < -0.3 is 15.4 Å². The lowest BCUT2D eigenvalue weighted by Gasteiger charge is -2.07. The van der Waals surface area contributed by atoms with E-state index in [9.17, 15) is 4.79 Å². The molecule has 0 radical (unpaired) electrons. The summed E-state index contributed by atoms with van der Waals surface area (Å²) in [4.78, 5) is 17.4. The summed E-state index contributed by atoms with van der Waals surface area (Å²) in [7, 11) is 1.62. The number of nitrogens with one attached hydrogen (secondary N) is 2. The molecule has 1 aromatic heterocycles. The number of hydrogen-bond donors (Lipinski definition) is 2. The number of amides is 1. The van der Waals surface area contributed by atoms with Gasteiger partial charge >= 0.3 is 0 Å². The molecule has 0 saturated carbocycles. The zero-order valence-corrected chi connectivity index (χ0v) is 14.7. The summed E-state index contributed by atoms with van der Waals surface area (Å²) in [5.41, 5.74) is 2.09. The van der Waals surface area contributed by atoms with E-state index in [2.05, 4.69) is 27.8 Å². The highest BCUT2D eigenvalue weighted by molar-refractivity contribution is 7.15. The first-order valence-corrected chi connectivity index (χ1v) is 8.71. The maximum atomic E-state index is 12.0. The summed E-state index contributed by atoms with van der Waals surface area (Å²) >= 11 is 1.50. The second kappa shape index (κ2) is 8.30. The second-order valence-corrected chi connectivity index (χ2v) is 6.54. The molecule has 0 fully saturated rings. The molecule has 0 aliphatic heterocycles. The largest absolute Gasteiger partial charge is 0.497 e. The number of thiazole rings is 1. The third-order valence-corrected chi connectivity index (χ3v) is 4.48. The average molecular weight is 353 g/mol. The van der Waals surface area contributed by atoms with Crippen molar-refractivity contribution >= 4 is 28.1 Å². The fourth-order valence-corrected chi connectivity index (χ4v) is 3.16. The van der Waals surface area contributed by atoms with Crippen LogP contribution >= 0.6 is 11.3 Å². The molecule has 0 spiro atoms. The van der Waals surface area contributed by atoms with Crippen LogP contribution in [0.5, 0.6) is 5.75 Å². The Kier molecular flexibility index (Phi) is 5.64. The van der Waals surface area contributed by atoms with Crippen molar-refractivity contribution in [2.75, 3.05) is 24.3 Å². The van der Waals surface area contributed by atoms with Crippen LogP contribution in [0.25, 0.3) is 0 Å². The zero-order valence-electron chi connectivity index (χ0n) is 13.9. The Labute approximate surface area is 150 Å². The van der Waals surface area contributed by atoms with Crippen molar-refractivity contribution in [3.05, 3.63) is 71.2 Å². The number of ether oxygens (including phenoxy) is 1. The van der Waals surface area contributed by atoms with E-state index < -0.39 is 0 Å². The first-order chi connectivity index (χ1) is 12.2. The molecule has 25 heavy (non-hydrogen) atoms. The maximum absolute atomic E-state index is 12.0. The predicted molar refractivity (Wildman–Crippen MR) is 101 cm³/mol. The number of carbonyl (C=O) groups excluding carboxylic acids is 1. The molecule has 2 N–H and O–H groups in total. The van der Waals surface area contributed by atoms with Gasteiger partial charge in [-0.25, -0.2) is 4.98 Å². The first-order valence-electron chi connectivity index (χ1n) is 7.89. The fourth-order valence-electron chi connectivity index (χ4n) is 2.30. The van der Waals surface area contributed by atoms with Gasteiger partial charge in [0, 0.05) is 23.2 Å². The molecule has 6 heteroatoms. The van der Waals surface area contributed by atoms with E-state index in [4.69, 9.17) is 4.74 Å². The normalized spacial score (nSPS) is 10.3. The van der Waals surface area contributed by atoms with Crippen LogP contribution in [0.15, 0.2) is 60.8 Å². The van der Waals surface area contributed by atoms with E-state index in [0.717, 1.165) is 22.7 Å². The monoisotopic (exact) mass is 353 g/mol. The van der Waals surface area contributed by atoms with Crippen LogP contribution in [0.4, 0.5) is 10.8 Å². The highest BCUT2D eigenvalue weighted by atomic mass is 32.1. The van der Waals surface area contributed by atoms with Crippen molar-refractivity contribution in [1.29, 1.82) is 0 Å². The maximum Gasteiger partial charge on any atom is 0.245 e. The van der Waals surface area contributed by atoms with Gasteiger partial charge in [0.1, 0.15) is 5.75 Å². The third-order valence-electron chi connectivity index (χ3n) is 3.56. The van der Waals surface area contributed by atoms with Gasteiger partial charge in [-0.05, 0) is 29.8 Å². The Morgan fingerprint density at radius 3 is 2.60 bits per heavy atom. The van der Waals surface area contributed by atoms with Crippen LogP contribution in [0, 0.1) is 0 Å². The fraction of sp³-hybridized carbons (Fsp3) is 0.158. The van der Waals surface area contributed by atoms with Gasteiger partial charge in [0.2, 0.25) is 5.91 Å². The molecule has 1 amide bonds. The van der Waals surface area contributed by atoms with Crippen LogP contribution in [-0.2, 0) is 11.2 Å². The van der Waals surface area contributed by atoms with Crippen LogP contribution < -0.4 is 15.4 Å². The standard InChI is InChI=1S/C19H19N3O2S/c1-24-16-9-7-15(8-10-16)20-13-18(23)22-19-21-12-17(25-19)11-14-5-3-2-4-6-14/h2-10,12,20H,11,13H2,1H3,(H,21,22,23). The molecular weight excluding hydrogens is 334 g/mol. The zero-order chi connectivity index (χ0) is 17.5. The minimum Gasteiger partial charge on any atom is -0.497 e. The van der Waals surface area contributed by atoms with Crippen molar-refractivity contribution in [3.8, 4) is 5.75 Å². The number of nitrogens with zero attached hydrogens (tertiary/aromatic N) is 1. The summed E-state index contributed by atoms with van der Waals surface area (Å²) in [6.45, 7) is 0.180. The van der Waals surface area contributed by atoms with Gasteiger partial charge in [-0.2, -0.15) is 0 Å². The number of methoxy groups -OCH3 is 1. The van der Waals surface area contributed by atoms with Gasteiger partial charge in [0.25, 0.3) is 0 Å². The number of hydrogen-bond acceptors (Lipinski definition) is 5. The lowest BCUT2D eigenvalue weighted by atomic mass is 10.1. The van der Waals surface area contributed by atoms with Gasteiger partial charge in [-0.15, -0.1) is 11.3 Å². The molecule has 2 aromatic carbocycles. The SMILES string of the molecule is COc1ccc(NCC(=O)Nc2ncc(Cc3ccccc3)s2)cc1. The highest BCUT2D eigenvalue weighted by Crippen LogP contribution is 2.21. The molecule has 0 saturated heterocycles. The number of carbonyl (C=O) groups is 1. The third kappa shape index (κ3) is 5.06. The molecular formula is C19H19N3O2S. The minimum atomic E-state index is -0.128. The minimum absolute atomic E-state index is 0.128. The van der Waals surface area contributed by atoms with E-state index in [-0.39, 0.29) is 12.5 Å². The Bertz CT molecular complexity index is 816. The Balaban J connectivity index is 1.49. The molecule has 0 aliphatic rings. The molecule has 3 aromatic rings. The van der Waals surface area contributed by atoms with Crippen molar-refractivity contribution in [1.82, 2.24) is 4.98 Å². The molecule has 0 unspecified atom stereocenters. The Morgan fingerprint density at radius 2 is 1.88 bits per heavy atom. The second-order valence-electron chi connectivity index (χ2n) is 5.42. The number of rotatable bonds is 7. The Hall–Kier alpha value is -2.86. The van der Waals surface area contributed by atoms with Crippen molar-refractivity contribution < 1.29 is 9.53 Å². The quantitative estimate of drug-likeness (QED) is 0.678. The smallest absolute Gasteiger partial charge is 0.245 e. The van der Waals surface area contributed by atoms with E-state index in [0.29, 0.717) is 5.13 Å². The van der Waals surface area contributed by atoms with E-state index in [1.54, 1.807) is 7.11 Å². The highest BCUT2D eigenvalue weighted by Gasteiger charge is 2.07. The molecule has 128 valence electrons. The van der Waals surface area contributed by atoms with Gasteiger partial charge in [-0.1, -0.05) is 30.3 Å². The van der Waals surface area contributed by atoms with Crippen LogP contribution in [0.3, 0.4) is 0 Å². The van der Waals surface area contributed by atoms with Gasteiger partial charge in [0.15, 0.2) is 5.13 Å². The molecule has 0 aliphatic carbocycles. The summed E-state index contributed by atoms with van der Waals surface area (Å²) in [6.07, 6.45) is 2.63. The van der Waals surface area contributed by atoms with Gasteiger partial charge in [0.05, 0.1) is 13.7 Å². The summed E-state index contributed by atoms with van der Waals surface area (Å²) in [5, 5.41) is 6.51. The average Bonchev–Trinajstić information content (AvgIpc) is 3.08. The molecule has 0 bridgehead atoms. The van der Waals surface area contributed by atoms with E-state index >= 15 is 0 Å². The Morgan fingerprint density at radius 1 is 1.12 bits per heavy atom. The number of benzene rings is 2.